The predicted molar refractivity (Wildman–Crippen MR) is 57.2 cm³/mol. The summed E-state index contributed by atoms with van der Waals surface area (Å²) in [7, 11) is 0. The van der Waals surface area contributed by atoms with Crippen LogP contribution in [0.2, 0.25) is 0 Å². The molecule has 2 saturated carbocycles. The molecule has 0 aliphatic heterocycles. The number of hydrogen-bond acceptors (Lipinski definition) is 3. The van der Waals surface area contributed by atoms with E-state index in [0.717, 1.165) is 32.1 Å². The molecular formula is C11H20N2O2. The molecule has 0 unspecified atom stereocenters. The Morgan fingerprint density at radius 3 is 2.53 bits per heavy atom. The fourth-order valence-electron chi connectivity index (χ4n) is 2.22. The van der Waals surface area contributed by atoms with E-state index in [4.69, 9.17) is 10.8 Å². The van der Waals surface area contributed by atoms with Gasteiger partial charge in [-0.05, 0) is 32.1 Å². The highest BCUT2D eigenvalue weighted by Gasteiger charge is 2.39. The number of amides is 1. The number of hydrogen-bond donors (Lipinski definition) is 2. The molecule has 0 aromatic carbocycles. The summed E-state index contributed by atoms with van der Waals surface area (Å²) in [5.74, 6) is 0.133. The Morgan fingerprint density at radius 1 is 1.47 bits per heavy atom. The average molecular weight is 212 g/mol. The smallest absolute Gasteiger partial charge is 0.224 e. The molecule has 0 spiro atoms. The number of nitrogens with zero attached hydrogens (tertiary/aromatic N) is 1. The molecule has 2 aliphatic rings. The van der Waals surface area contributed by atoms with Crippen molar-refractivity contribution in [2.45, 2.75) is 50.1 Å². The molecule has 15 heavy (non-hydrogen) atoms. The van der Waals surface area contributed by atoms with Crippen LogP contribution < -0.4 is 5.73 Å². The Labute approximate surface area is 90.4 Å². The molecule has 0 bridgehead atoms. The highest BCUT2D eigenvalue weighted by molar-refractivity contribution is 5.78. The molecule has 1 amide bonds. The van der Waals surface area contributed by atoms with E-state index in [1.807, 2.05) is 4.90 Å². The molecule has 0 saturated heterocycles. The van der Waals surface area contributed by atoms with Gasteiger partial charge in [0.2, 0.25) is 5.91 Å². The molecule has 0 heterocycles. The largest absolute Gasteiger partial charge is 0.395 e. The molecule has 2 rings (SSSR count). The first-order valence-corrected chi connectivity index (χ1v) is 5.84. The third kappa shape index (κ3) is 2.49. The Hall–Kier alpha value is -0.610. The highest BCUT2D eigenvalue weighted by atomic mass is 16.3. The van der Waals surface area contributed by atoms with Crippen molar-refractivity contribution in [3.8, 4) is 0 Å². The minimum absolute atomic E-state index is 0.0554. The lowest BCUT2D eigenvalue weighted by molar-refractivity contribution is -0.134. The lowest BCUT2D eigenvalue weighted by Gasteiger charge is -2.39. The van der Waals surface area contributed by atoms with Gasteiger partial charge in [0.05, 0.1) is 6.61 Å². The predicted octanol–water partition coefficient (Wildman–Crippen LogP) is 0.241. The minimum Gasteiger partial charge on any atom is -0.395 e. The first-order valence-electron chi connectivity index (χ1n) is 5.84. The highest BCUT2D eigenvalue weighted by Crippen LogP contribution is 2.34. The van der Waals surface area contributed by atoms with Gasteiger partial charge >= 0.3 is 0 Å². The van der Waals surface area contributed by atoms with E-state index in [9.17, 15) is 4.79 Å². The van der Waals surface area contributed by atoms with Crippen LogP contribution in [0.25, 0.3) is 0 Å². The molecule has 2 aliphatic carbocycles. The van der Waals surface area contributed by atoms with Gasteiger partial charge in [0, 0.05) is 24.5 Å². The molecule has 2 fully saturated rings. The van der Waals surface area contributed by atoms with Gasteiger partial charge in [-0.15, -0.1) is 0 Å². The quantitative estimate of drug-likeness (QED) is 0.686. The van der Waals surface area contributed by atoms with Gasteiger partial charge in [0.15, 0.2) is 0 Å². The third-order valence-corrected chi connectivity index (χ3v) is 3.50. The number of rotatable bonds is 5. The van der Waals surface area contributed by atoms with Gasteiger partial charge in [-0.1, -0.05) is 0 Å². The van der Waals surface area contributed by atoms with Crippen LogP contribution in [0.15, 0.2) is 0 Å². The van der Waals surface area contributed by atoms with E-state index < -0.39 is 0 Å². The van der Waals surface area contributed by atoms with E-state index in [0.29, 0.717) is 19.0 Å². The zero-order valence-electron chi connectivity index (χ0n) is 9.11. The second-order valence-corrected chi connectivity index (χ2v) is 4.93. The van der Waals surface area contributed by atoms with Crippen molar-refractivity contribution in [1.29, 1.82) is 0 Å². The molecule has 86 valence electrons. The fraction of sp³-hybridized carbons (Fsp3) is 0.909. The number of aliphatic hydroxyl groups is 1. The van der Waals surface area contributed by atoms with Crippen LogP contribution in [0.1, 0.15) is 38.5 Å². The second-order valence-electron chi connectivity index (χ2n) is 4.93. The maximum atomic E-state index is 12.0. The average Bonchev–Trinajstić information content (AvgIpc) is 2.94. The monoisotopic (exact) mass is 212 g/mol. The summed E-state index contributed by atoms with van der Waals surface area (Å²) in [5.41, 5.74) is 5.81. The van der Waals surface area contributed by atoms with Gasteiger partial charge in [-0.25, -0.2) is 0 Å². The first-order chi connectivity index (χ1) is 7.14. The molecule has 4 nitrogen and oxygen atoms in total. The first kappa shape index (κ1) is 10.9. The van der Waals surface area contributed by atoms with Crippen molar-refractivity contribution >= 4 is 5.91 Å². The summed E-state index contributed by atoms with van der Waals surface area (Å²) in [4.78, 5) is 13.8. The molecule has 0 atom stereocenters. The third-order valence-electron chi connectivity index (χ3n) is 3.50. The fourth-order valence-corrected chi connectivity index (χ4v) is 2.22. The topological polar surface area (TPSA) is 66.6 Å². The Bertz CT molecular complexity index is 247. The van der Waals surface area contributed by atoms with Crippen molar-refractivity contribution in [2.75, 3.05) is 13.2 Å². The number of nitrogens with two attached hydrogens (primary N) is 1. The van der Waals surface area contributed by atoms with Crippen molar-refractivity contribution in [1.82, 2.24) is 4.90 Å². The summed E-state index contributed by atoms with van der Waals surface area (Å²) in [6.45, 7) is 0.527. The van der Waals surface area contributed by atoms with Crippen molar-refractivity contribution in [3.63, 3.8) is 0 Å². The van der Waals surface area contributed by atoms with Crippen LogP contribution >= 0.6 is 0 Å². The Balaban J connectivity index is 1.86. The van der Waals surface area contributed by atoms with Crippen LogP contribution in [0.3, 0.4) is 0 Å². The van der Waals surface area contributed by atoms with Crippen LogP contribution in [-0.2, 0) is 4.79 Å². The van der Waals surface area contributed by atoms with Gasteiger partial charge in [0.25, 0.3) is 0 Å². The summed E-state index contributed by atoms with van der Waals surface area (Å²) >= 11 is 0. The summed E-state index contributed by atoms with van der Waals surface area (Å²) in [6, 6.07) is 0.383. The number of carbonyl (C=O) groups is 1. The van der Waals surface area contributed by atoms with Crippen molar-refractivity contribution in [2.24, 2.45) is 5.73 Å². The SMILES string of the molecule is NC1(CC(=O)N(CCO)C2CC2)CCC1. The van der Waals surface area contributed by atoms with E-state index in [1.165, 1.54) is 0 Å². The summed E-state index contributed by atoms with van der Waals surface area (Å²) in [5, 5.41) is 8.91. The van der Waals surface area contributed by atoms with Crippen LogP contribution in [0.5, 0.6) is 0 Å². The lowest BCUT2D eigenvalue weighted by atomic mass is 9.75. The normalized spacial score (nSPS) is 23.3. The standard InChI is InChI=1S/C11H20N2O2/c12-11(4-1-5-11)8-10(15)13(6-7-14)9-2-3-9/h9,14H,1-8,12H2. The van der Waals surface area contributed by atoms with E-state index in [2.05, 4.69) is 0 Å². The second kappa shape index (κ2) is 4.10. The molecule has 0 radical (unpaired) electrons. The van der Waals surface area contributed by atoms with E-state index in [-0.39, 0.29) is 18.1 Å². The van der Waals surface area contributed by atoms with Gasteiger partial charge < -0.3 is 15.7 Å². The molecule has 3 N–H and O–H groups in total. The van der Waals surface area contributed by atoms with Crippen LogP contribution in [0, 0.1) is 0 Å². The van der Waals surface area contributed by atoms with Gasteiger partial charge in [-0.3, -0.25) is 4.79 Å². The zero-order chi connectivity index (χ0) is 10.9. The molecule has 0 aromatic rings. The van der Waals surface area contributed by atoms with Crippen LogP contribution in [-0.4, -0.2) is 40.6 Å². The lowest BCUT2D eigenvalue weighted by Crippen LogP contribution is -2.51. The van der Waals surface area contributed by atoms with E-state index >= 15 is 0 Å². The Kier molecular flexibility index (Phi) is 2.98. The molecular weight excluding hydrogens is 192 g/mol. The molecule has 0 aromatic heterocycles. The number of carbonyl (C=O) groups excluding carboxylic acids is 1. The van der Waals surface area contributed by atoms with Crippen LogP contribution in [0.4, 0.5) is 0 Å². The molecule has 4 heteroatoms. The van der Waals surface area contributed by atoms with Crippen molar-refractivity contribution in [3.05, 3.63) is 0 Å². The zero-order valence-corrected chi connectivity index (χ0v) is 9.11. The maximum absolute atomic E-state index is 12.0. The van der Waals surface area contributed by atoms with Crippen molar-refractivity contribution < 1.29 is 9.90 Å². The Morgan fingerprint density at radius 2 is 2.13 bits per heavy atom. The van der Waals surface area contributed by atoms with E-state index in [1.54, 1.807) is 0 Å². The minimum atomic E-state index is -0.236. The summed E-state index contributed by atoms with van der Waals surface area (Å²) < 4.78 is 0. The van der Waals surface area contributed by atoms with Gasteiger partial charge in [0.1, 0.15) is 0 Å². The van der Waals surface area contributed by atoms with Gasteiger partial charge in [-0.2, -0.15) is 0 Å². The summed E-state index contributed by atoms with van der Waals surface area (Å²) in [6.07, 6.45) is 5.72. The maximum Gasteiger partial charge on any atom is 0.224 e. The number of aliphatic hydroxyl groups excluding tert-OH is 1.